The van der Waals surface area contributed by atoms with Crippen molar-refractivity contribution in [1.82, 2.24) is 24.4 Å². The summed E-state index contributed by atoms with van der Waals surface area (Å²) in [6.07, 6.45) is 7.44. The lowest BCUT2D eigenvalue weighted by Gasteiger charge is -2.32. The van der Waals surface area contributed by atoms with E-state index in [2.05, 4.69) is 9.97 Å². The van der Waals surface area contributed by atoms with Crippen molar-refractivity contribution in [2.75, 3.05) is 13.1 Å². The number of hydrogen-bond acceptors (Lipinski definition) is 5. The minimum absolute atomic E-state index is 0.121. The molecule has 134 valence electrons. The van der Waals surface area contributed by atoms with Crippen LogP contribution >= 0.6 is 11.3 Å². The fraction of sp³-hybridized carbons (Fsp3) is 0.368. The molecule has 0 aliphatic carbocycles. The van der Waals surface area contributed by atoms with Gasteiger partial charge in [-0.3, -0.25) is 9.78 Å². The normalized spacial score (nSPS) is 17.5. The van der Waals surface area contributed by atoms with E-state index in [0.29, 0.717) is 6.54 Å². The number of thiophene rings is 1. The average Bonchev–Trinajstić information content (AvgIpc) is 3.32. The summed E-state index contributed by atoms with van der Waals surface area (Å²) in [7, 11) is 1.98. The van der Waals surface area contributed by atoms with Crippen LogP contribution in [0.1, 0.15) is 39.9 Å². The second-order valence-electron chi connectivity index (χ2n) is 6.65. The Bertz CT molecular complexity index is 918. The number of carbonyl (C=O) groups excluding carboxylic acids is 1. The van der Waals surface area contributed by atoms with E-state index >= 15 is 0 Å². The van der Waals surface area contributed by atoms with E-state index in [1.165, 1.54) is 11.3 Å². The second kappa shape index (κ2) is 6.99. The topological polar surface area (TPSA) is 63.9 Å². The lowest BCUT2D eigenvalue weighted by Crippen LogP contribution is -2.39. The zero-order valence-electron chi connectivity index (χ0n) is 14.9. The lowest BCUT2D eigenvalue weighted by atomic mass is 9.94. The third-order valence-electron chi connectivity index (χ3n) is 4.99. The molecule has 26 heavy (non-hydrogen) atoms. The summed E-state index contributed by atoms with van der Waals surface area (Å²) < 4.78 is 2.02. The number of aryl methyl sites for hydroxylation is 1. The van der Waals surface area contributed by atoms with Crippen molar-refractivity contribution in [1.29, 1.82) is 0 Å². The third kappa shape index (κ3) is 3.14. The van der Waals surface area contributed by atoms with Gasteiger partial charge in [0.25, 0.3) is 5.91 Å². The Labute approximate surface area is 156 Å². The maximum atomic E-state index is 12.7. The van der Waals surface area contributed by atoms with Crippen LogP contribution in [0.5, 0.6) is 0 Å². The van der Waals surface area contributed by atoms with Crippen LogP contribution in [0.15, 0.2) is 36.1 Å². The molecule has 1 saturated heterocycles. The van der Waals surface area contributed by atoms with Crippen molar-refractivity contribution in [3.63, 3.8) is 0 Å². The molecule has 0 saturated carbocycles. The van der Waals surface area contributed by atoms with E-state index in [1.807, 2.05) is 53.3 Å². The van der Waals surface area contributed by atoms with Gasteiger partial charge in [0.1, 0.15) is 11.5 Å². The monoisotopic (exact) mass is 367 g/mol. The van der Waals surface area contributed by atoms with Crippen molar-refractivity contribution in [2.24, 2.45) is 7.05 Å². The van der Waals surface area contributed by atoms with E-state index in [-0.39, 0.29) is 11.8 Å². The molecular weight excluding hydrogens is 346 g/mol. The minimum Gasteiger partial charge on any atom is -0.337 e. The molecule has 3 aromatic heterocycles. The van der Waals surface area contributed by atoms with Gasteiger partial charge in [-0.25, -0.2) is 9.97 Å². The lowest BCUT2D eigenvalue weighted by molar-refractivity contribution is 0.0710. The van der Waals surface area contributed by atoms with E-state index in [4.69, 9.17) is 4.98 Å². The number of aromatic nitrogens is 4. The van der Waals surface area contributed by atoms with Gasteiger partial charge in [0.05, 0.1) is 28.7 Å². The van der Waals surface area contributed by atoms with Gasteiger partial charge in [-0.05, 0) is 31.2 Å². The fourth-order valence-electron chi connectivity index (χ4n) is 3.40. The van der Waals surface area contributed by atoms with E-state index in [0.717, 1.165) is 47.2 Å². The molecule has 0 spiro atoms. The quantitative estimate of drug-likeness (QED) is 0.713. The molecule has 0 radical (unpaired) electrons. The molecule has 1 atom stereocenters. The van der Waals surface area contributed by atoms with Gasteiger partial charge in [-0.1, -0.05) is 6.07 Å². The first-order chi connectivity index (χ1) is 12.6. The van der Waals surface area contributed by atoms with Crippen molar-refractivity contribution in [3.05, 3.63) is 52.5 Å². The summed E-state index contributed by atoms with van der Waals surface area (Å²) in [6, 6.07) is 3.81. The van der Waals surface area contributed by atoms with Gasteiger partial charge < -0.3 is 9.47 Å². The van der Waals surface area contributed by atoms with Gasteiger partial charge in [-0.15, -0.1) is 11.3 Å². The van der Waals surface area contributed by atoms with Crippen LogP contribution < -0.4 is 0 Å². The molecule has 1 amide bonds. The summed E-state index contributed by atoms with van der Waals surface area (Å²) >= 11 is 1.50. The smallest absolute Gasteiger partial charge is 0.263 e. The van der Waals surface area contributed by atoms with Crippen molar-refractivity contribution in [3.8, 4) is 11.4 Å². The summed E-state index contributed by atoms with van der Waals surface area (Å²) in [5, 5.41) is 1.94. The van der Waals surface area contributed by atoms with Gasteiger partial charge in [0, 0.05) is 32.3 Å². The number of hydrogen-bond donors (Lipinski definition) is 0. The average molecular weight is 367 g/mol. The summed E-state index contributed by atoms with van der Waals surface area (Å²) in [5.41, 5.74) is 2.73. The molecule has 4 rings (SSSR count). The third-order valence-corrected chi connectivity index (χ3v) is 5.85. The number of imidazole rings is 1. The first kappa shape index (κ1) is 16.9. The van der Waals surface area contributed by atoms with Crippen LogP contribution in [0.2, 0.25) is 0 Å². The van der Waals surface area contributed by atoms with Crippen LogP contribution in [0.4, 0.5) is 0 Å². The van der Waals surface area contributed by atoms with Crippen LogP contribution in [-0.2, 0) is 7.05 Å². The minimum atomic E-state index is 0.121. The van der Waals surface area contributed by atoms with E-state index in [1.54, 1.807) is 6.20 Å². The van der Waals surface area contributed by atoms with Crippen molar-refractivity contribution in [2.45, 2.75) is 25.7 Å². The second-order valence-corrected chi connectivity index (χ2v) is 7.59. The number of amides is 1. The highest BCUT2D eigenvalue weighted by atomic mass is 32.1. The predicted octanol–water partition coefficient (Wildman–Crippen LogP) is 3.27. The summed E-state index contributed by atoms with van der Waals surface area (Å²) in [4.78, 5) is 29.0. The van der Waals surface area contributed by atoms with Crippen LogP contribution in [0, 0.1) is 6.92 Å². The largest absolute Gasteiger partial charge is 0.337 e. The molecule has 7 heteroatoms. The van der Waals surface area contributed by atoms with Crippen molar-refractivity contribution < 1.29 is 4.79 Å². The Morgan fingerprint density at radius 3 is 2.92 bits per heavy atom. The van der Waals surface area contributed by atoms with E-state index < -0.39 is 0 Å². The summed E-state index contributed by atoms with van der Waals surface area (Å²) in [5.74, 6) is 1.28. The van der Waals surface area contributed by atoms with Crippen LogP contribution in [0.3, 0.4) is 0 Å². The number of likely N-dealkylation sites (tertiary alicyclic amines) is 1. The Balaban J connectivity index is 1.56. The first-order valence-electron chi connectivity index (χ1n) is 8.77. The molecule has 0 aromatic carbocycles. The molecule has 1 aliphatic heterocycles. The fourth-order valence-corrected chi connectivity index (χ4v) is 4.09. The molecule has 0 N–H and O–H groups in total. The molecule has 0 unspecified atom stereocenters. The van der Waals surface area contributed by atoms with Gasteiger partial charge in [-0.2, -0.15) is 0 Å². The Hall–Kier alpha value is -2.54. The highest BCUT2D eigenvalue weighted by Crippen LogP contribution is 2.28. The Kier molecular flexibility index (Phi) is 4.55. The van der Waals surface area contributed by atoms with Crippen LogP contribution in [0.25, 0.3) is 11.4 Å². The Morgan fingerprint density at radius 1 is 1.31 bits per heavy atom. The number of piperidine rings is 1. The zero-order valence-corrected chi connectivity index (χ0v) is 15.7. The number of rotatable bonds is 3. The van der Waals surface area contributed by atoms with Gasteiger partial charge in [0.2, 0.25) is 0 Å². The van der Waals surface area contributed by atoms with Crippen molar-refractivity contribution >= 4 is 17.2 Å². The summed E-state index contributed by atoms with van der Waals surface area (Å²) in [6.45, 7) is 3.47. The molecule has 1 aliphatic rings. The Morgan fingerprint density at radius 2 is 2.19 bits per heavy atom. The SMILES string of the molecule is Cc1ncc(-c2cncc([C@H]3CCCN(C(=O)c4cccs4)C3)n2)n1C. The van der Waals surface area contributed by atoms with Crippen LogP contribution in [-0.4, -0.2) is 43.4 Å². The highest BCUT2D eigenvalue weighted by molar-refractivity contribution is 7.12. The standard InChI is InChI=1S/C19H21N5OS/c1-13-21-11-17(23(13)2)16-10-20-9-15(22-16)14-5-3-7-24(12-14)19(25)18-6-4-8-26-18/h4,6,8-11,14H,3,5,7,12H2,1-2H3/t14-/m0/s1. The number of carbonyl (C=O) groups is 1. The predicted molar refractivity (Wildman–Crippen MR) is 101 cm³/mol. The maximum Gasteiger partial charge on any atom is 0.263 e. The molecular formula is C19H21N5OS. The zero-order chi connectivity index (χ0) is 18.1. The number of nitrogens with zero attached hydrogens (tertiary/aromatic N) is 5. The molecule has 0 bridgehead atoms. The molecule has 1 fully saturated rings. The molecule has 3 aromatic rings. The van der Waals surface area contributed by atoms with E-state index in [9.17, 15) is 4.79 Å². The van der Waals surface area contributed by atoms with Gasteiger partial charge in [0.15, 0.2) is 0 Å². The highest BCUT2D eigenvalue weighted by Gasteiger charge is 2.27. The maximum absolute atomic E-state index is 12.7. The molecule has 4 heterocycles. The van der Waals surface area contributed by atoms with Gasteiger partial charge >= 0.3 is 0 Å². The molecule has 6 nitrogen and oxygen atoms in total. The first-order valence-corrected chi connectivity index (χ1v) is 9.65.